The summed E-state index contributed by atoms with van der Waals surface area (Å²) in [6, 6.07) is 0.285. The Morgan fingerprint density at radius 2 is 2.00 bits per heavy atom. The lowest BCUT2D eigenvalue weighted by Crippen LogP contribution is -2.14. The maximum absolute atomic E-state index is 11.8. The second-order valence-corrected chi connectivity index (χ2v) is 4.94. The molecule has 1 aromatic heterocycles. The van der Waals surface area contributed by atoms with Crippen LogP contribution >= 0.6 is 0 Å². The van der Waals surface area contributed by atoms with Crippen molar-refractivity contribution in [3.05, 3.63) is 5.56 Å². The number of nitrogens with two attached hydrogens (primary N) is 1. The lowest BCUT2D eigenvalue weighted by atomic mass is 10.1. The Kier molecular flexibility index (Phi) is 4.29. The first-order chi connectivity index (χ1) is 9.19. The molecule has 0 unspecified atom stereocenters. The van der Waals surface area contributed by atoms with Crippen LogP contribution in [0.4, 0.5) is 11.6 Å². The normalized spacial score (nSPS) is 16.9. The summed E-state index contributed by atoms with van der Waals surface area (Å²) in [7, 11) is 3.08. The maximum Gasteiger partial charge on any atom is 0.345 e. The van der Waals surface area contributed by atoms with Gasteiger partial charge in [-0.05, 0) is 12.8 Å². The van der Waals surface area contributed by atoms with E-state index >= 15 is 0 Å². The first-order valence-corrected chi connectivity index (χ1v) is 6.83. The zero-order valence-electron chi connectivity index (χ0n) is 11.6. The van der Waals surface area contributed by atoms with Crippen molar-refractivity contribution in [1.29, 1.82) is 0 Å². The van der Waals surface area contributed by atoms with E-state index in [4.69, 9.17) is 10.5 Å². The molecule has 19 heavy (non-hydrogen) atoms. The molecule has 1 heterocycles. The molecule has 0 spiro atoms. The molecule has 0 saturated heterocycles. The molecule has 0 atom stereocenters. The average molecular weight is 266 g/mol. The van der Waals surface area contributed by atoms with Crippen molar-refractivity contribution in [2.24, 2.45) is 0 Å². The van der Waals surface area contributed by atoms with Gasteiger partial charge in [-0.1, -0.05) is 25.7 Å². The van der Waals surface area contributed by atoms with E-state index in [9.17, 15) is 4.79 Å². The fourth-order valence-corrected chi connectivity index (χ4v) is 2.71. The third-order valence-electron chi connectivity index (χ3n) is 3.74. The van der Waals surface area contributed by atoms with Crippen molar-refractivity contribution >= 4 is 17.6 Å². The van der Waals surface area contributed by atoms with Crippen LogP contribution < -0.4 is 11.1 Å². The zero-order chi connectivity index (χ0) is 13.8. The highest BCUT2D eigenvalue weighted by Crippen LogP contribution is 2.32. The van der Waals surface area contributed by atoms with Crippen molar-refractivity contribution in [2.75, 3.05) is 25.2 Å². The second-order valence-electron chi connectivity index (χ2n) is 4.94. The molecule has 2 rings (SSSR count). The van der Waals surface area contributed by atoms with E-state index in [1.165, 1.54) is 32.8 Å². The van der Waals surface area contributed by atoms with Crippen molar-refractivity contribution in [3.63, 3.8) is 0 Å². The van der Waals surface area contributed by atoms with Gasteiger partial charge in [0.1, 0.15) is 11.4 Å². The number of aromatic nitrogens is 2. The van der Waals surface area contributed by atoms with Gasteiger partial charge in [0.15, 0.2) is 5.82 Å². The highest BCUT2D eigenvalue weighted by Gasteiger charge is 2.26. The van der Waals surface area contributed by atoms with E-state index in [1.807, 2.05) is 0 Å². The summed E-state index contributed by atoms with van der Waals surface area (Å²) in [4.78, 5) is 11.8. The van der Waals surface area contributed by atoms with Gasteiger partial charge in [-0.15, -0.1) is 0 Å². The van der Waals surface area contributed by atoms with Crippen LogP contribution in [0.5, 0.6) is 0 Å². The van der Waals surface area contributed by atoms with Crippen LogP contribution in [-0.4, -0.2) is 29.9 Å². The van der Waals surface area contributed by atoms with Gasteiger partial charge in [0.25, 0.3) is 0 Å². The molecular formula is C13H22N4O2. The summed E-state index contributed by atoms with van der Waals surface area (Å²) >= 11 is 0. The third kappa shape index (κ3) is 2.67. The smallest absolute Gasteiger partial charge is 0.345 e. The molecule has 6 nitrogen and oxygen atoms in total. The SMILES string of the molecule is CNc1nn(C2CCCCCC2)c(N)c1C(=O)OC. The summed E-state index contributed by atoms with van der Waals surface area (Å²) in [6.45, 7) is 0. The summed E-state index contributed by atoms with van der Waals surface area (Å²) in [5.41, 5.74) is 6.44. The van der Waals surface area contributed by atoms with Crippen LogP contribution in [0.15, 0.2) is 0 Å². The minimum atomic E-state index is -0.443. The molecule has 1 aromatic rings. The van der Waals surface area contributed by atoms with Crippen molar-refractivity contribution in [2.45, 2.75) is 44.6 Å². The molecule has 0 radical (unpaired) electrons. The summed E-state index contributed by atoms with van der Waals surface area (Å²) in [5.74, 6) is 0.457. The number of nitrogens with zero attached hydrogens (tertiary/aromatic N) is 2. The fraction of sp³-hybridized carbons (Fsp3) is 0.692. The molecule has 0 aromatic carbocycles. The van der Waals surface area contributed by atoms with E-state index in [1.54, 1.807) is 11.7 Å². The van der Waals surface area contributed by atoms with Crippen LogP contribution in [0.25, 0.3) is 0 Å². The van der Waals surface area contributed by atoms with Crippen molar-refractivity contribution in [3.8, 4) is 0 Å². The predicted octanol–water partition coefficient (Wildman–Crippen LogP) is 2.19. The predicted molar refractivity (Wildman–Crippen MR) is 74.3 cm³/mol. The number of hydrogen-bond donors (Lipinski definition) is 2. The molecule has 0 amide bonds. The van der Waals surface area contributed by atoms with Crippen molar-refractivity contribution in [1.82, 2.24) is 9.78 Å². The Morgan fingerprint density at radius 1 is 1.37 bits per heavy atom. The van der Waals surface area contributed by atoms with Crippen LogP contribution in [0, 0.1) is 0 Å². The summed E-state index contributed by atoms with van der Waals surface area (Å²) in [6.07, 6.45) is 7.03. The molecule has 1 aliphatic carbocycles. The molecule has 3 N–H and O–H groups in total. The highest BCUT2D eigenvalue weighted by molar-refractivity contribution is 5.99. The lowest BCUT2D eigenvalue weighted by molar-refractivity contribution is 0.0603. The highest BCUT2D eigenvalue weighted by atomic mass is 16.5. The topological polar surface area (TPSA) is 82.2 Å². The van der Waals surface area contributed by atoms with Gasteiger partial charge in [0.2, 0.25) is 0 Å². The lowest BCUT2D eigenvalue weighted by Gasteiger charge is -2.16. The number of nitrogens with one attached hydrogen (secondary N) is 1. The Bertz CT molecular complexity index is 448. The quantitative estimate of drug-likeness (QED) is 0.647. The molecule has 0 bridgehead atoms. The van der Waals surface area contributed by atoms with E-state index in [0.29, 0.717) is 17.2 Å². The number of esters is 1. The Labute approximate surface area is 113 Å². The van der Waals surface area contributed by atoms with Crippen LogP contribution in [0.2, 0.25) is 0 Å². The van der Waals surface area contributed by atoms with Gasteiger partial charge in [0.05, 0.1) is 13.2 Å². The molecule has 106 valence electrons. The minimum absolute atomic E-state index is 0.285. The number of rotatable bonds is 3. The van der Waals surface area contributed by atoms with Gasteiger partial charge in [-0.3, -0.25) is 0 Å². The minimum Gasteiger partial charge on any atom is -0.465 e. The van der Waals surface area contributed by atoms with E-state index in [-0.39, 0.29) is 6.04 Å². The van der Waals surface area contributed by atoms with Crippen LogP contribution in [0.3, 0.4) is 0 Å². The molecule has 1 fully saturated rings. The summed E-state index contributed by atoms with van der Waals surface area (Å²) < 4.78 is 6.57. The molecule has 1 aliphatic rings. The molecule has 1 saturated carbocycles. The van der Waals surface area contributed by atoms with Crippen LogP contribution in [-0.2, 0) is 4.74 Å². The van der Waals surface area contributed by atoms with Crippen LogP contribution in [0.1, 0.15) is 54.9 Å². The van der Waals surface area contributed by atoms with Gasteiger partial charge >= 0.3 is 5.97 Å². The third-order valence-corrected chi connectivity index (χ3v) is 3.74. The Morgan fingerprint density at radius 3 is 2.53 bits per heavy atom. The zero-order valence-corrected chi connectivity index (χ0v) is 11.6. The van der Waals surface area contributed by atoms with Gasteiger partial charge in [0, 0.05) is 7.05 Å². The number of hydrogen-bond acceptors (Lipinski definition) is 5. The molecule has 0 aliphatic heterocycles. The van der Waals surface area contributed by atoms with Gasteiger partial charge in [-0.25, -0.2) is 9.48 Å². The standard InChI is InChI=1S/C13H22N4O2/c1-15-12-10(13(18)19-2)11(14)17(16-12)9-7-5-3-4-6-8-9/h9H,3-8,14H2,1-2H3,(H,15,16). The maximum atomic E-state index is 11.8. The summed E-state index contributed by atoms with van der Waals surface area (Å²) in [5, 5.41) is 7.36. The number of ether oxygens (including phenoxy) is 1. The number of carbonyl (C=O) groups is 1. The van der Waals surface area contributed by atoms with Gasteiger partial charge in [-0.2, -0.15) is 5.10 Å². The fourth-order valence-electron chi connectivity index (χ4n) is 2.71. The number of carbonyl (C=O) groups excluding carboxylic acids is 1. The van der Waals surface area contributed by atoms with E-state index < -0.39 is 5.97 Å². The Balaban J connectivity index is 2.35. The number of methoxy groups -OCH3 is 1. The van der Waals surface area contributed by atoms with E-state index in [0.717, 1.165) is 12.8 Å². The number of anilines is 2. The molecular weight excluding hydrogens is 244 g/mol. The van der Waals surface area contributed by atoms with Gasteiger partial charge < -0.3 is 15.8 Å². The molecule has 6 heteroatoms. The first-order valence-electron chi connectivity index (χ1n) is 6.83. The largest absolute Gasteiger partial charge is 0.465 e. The number of nitrogen functional groups attached to an aromatic ring is 1. The Hall–Kier alpha value is -1.72. The van der Waals surface area contributed by atoms with E-state index in [2.05, 4.69) is 10.4 Å². The first kappa shape index (κ1) is 13.7. The van der Waals surface area contributed by atoms with Crippen molar-refractivity contribution < 1.29 is 9.53 Å². The average Bonchev–Trinajstić information content (AvgIpc) is 2.61. The monoisotopic (exact) mass is 266 g/mol. The second kappa shape index (κ2) is 5.95.